The van der Waals surface area contributed by atoms with E-state index in [1.165, 1.54) is 6.20 Å². The van der Waals surface area contributed by atoms with E-state index in [-0.39, 0.29) is 12.6 Å². The van der Waals surface area contributed by atoms with Crippen molar-refractivity contribution in [1.29, 1.82) is 5.26 Å². The van der Waals surface area contributed by atoms with Gasteiger partial charge in [-0.2, -0.15) is 15.0 Å². The standard InChI is InChI=1S/C20H21N9O/c1-3-4-16-11-28(27-26-16)18-10-22-19(6-17(18)25-13(2)12-30)29-20-15(9-24-29)5-14(7-21)8-23-20/h5-6,8-11,13,30H,3-4,12H2,1-2H3,(H,22,25). The average Bonchev–Trinajstić information content (AvgIpc) is 3.40. The Morgan fingerprint density at radius 1 is 1.23 bits per heavy atom. The van der Waals surface area contributed by atoms with Crippen LogP contribution in [0.4, 0.5) is 5.69 Å². The lowest BCUT2D eigenvalue weighted by Crippen LogP contribution is -2.21. The molecule has 4 aromatic heterocycles. The Kier molecular flexibility index (Phi) is 5.36. The number of aliphatic hydroxyl groups excluding tert-OH is 1. The molecule has 4 rings (SSSR count). The minimum absolute atomic E-state index is 0.0290. The maximum absolute atomic E-state index is 9.51. The van der Waals surface area contributed by atoms with Gasteiger partial charge in [-0.05, 0) is 19.4 Å². The molecule has 0 saturated carbocycles. The smallest absolute Gasteiger partial charge is 0.164 e. The van der Waals surface area contributed by atoms with Crippen LogP contribution in [-0.4, -0.2) is 52.5 Å². The van der Waals surface area contributed by atoms with Crippen LogP contribution in [0.25, 0.3) is 22.5 Å². The predicted molar refractivity (Wildman–Crippen MR) is 110 cm³/mol. The first-order valence-electron chi connectivity index (χ1n) is 9.66. The Balaban J connectivity index is 1.78. The summed E-state index contributed by atoms with van der Waals surface area (Å²) in [6, 6.07) is 5.46. The number of hydrogen-bond donors (Lipinski definition) is 2. The summed E-state index contributed by atoms with van der Waals surface area (Å²) in [7, 11) is 0. The number of rotatable bonds is 7. The van der Waals surface area contributed by atoms with Crippen molar-refractivity contribution >= 4 is 16.7 Å². The number of aromatic nitrogens is 7. The SMILES string of the molecule is CCCc1cn(-c2cnc(-n3ncc4cc(C#N)cnc43)cc2NC(C)CO)nn1. The second kappa shape index (κ2) is 8.26. The van der Waals surface area contributed by atoms with Crippen LogP contribution >= 0.6 is 0 Å². The Morgan fingerprint density at radius 3 is 2.87 bits per heavy atom. The van der Waals surface area contributed by atoms with E-state index < -0.39 is 0 Å². The zero-order valence-corrected chi connectivity index (χ0v) is 16.7. The third-order valence-electron chi connectivity index (χ3n) is 4.59. The normalized spacial score (nSPS) is 12.1. The van der Waals surface area contributed by atoms with Gasteiger partial charge >= 0.3 is 0 Å². The van der Waals surface area contributed by atoms with E-state index in [1.54, 1.807) is 27.8 Å². The summed E-state index contributed by atoms with van der Waals surface area (Å²) in [4.78, 5) is 8.89. The van der Waals surface area contributed by atoms with Crippen molar-refractivity contribution < 1.29 is 5.11 Å². The number of anilines is 1. The third-order valence-corrected chi connectivity index (χ3v) is 4.59. The molecular formula is C20H21N9O. The molecule has 0 radical (unpaired) electrons. The number of pyridine rings is 2. The molecule has 30 heavy (non-hydrogen) atoms. The minimum atomic E-state index is -0.177. The quantitative estimate of drug-likeness (QED) is 0.479. The van der Waals surface area contributed by atoms with Gasteiger partial charge < -0.3 is 10.4 Å². The maximum Gasteiger partial charge on any atom is 0.164 e. The van der Waals surface area contributed by atoms with Crippen molar-refractivity contribution in [2.24, 2.45) is 0 Å². The molecule has 1 unspecified atom stereocenters. The summed E-state index contributed by atoms with van der Waals surface area (Å²) < 4.78 is 3.28. The lowest BCUT2D eigenvalue weighted by atomic mass is 10.2. The van der Waals surface area contributed by atoms with Gasteiger partial charge in [-0.3, -0.25) is 0 Å². The van der Waals surface area contributed by atoms with Crippen molar-refractivity contribution in [3.63, 3.8) is 0 Å². The number of aryl methyl sites for hydroxylation is 1. The first-order chi connectivity index (χ1) is 14.6. The Hall–Kier alpha value is -3.84. The predicted octanol–water partition coefficient (Wildman–Crippen LogP) is 2.01. The second-order valence-electron chi connectivity index (χ2n) is 7.00. The van der Waals surface area contributed by atoms with E-state index in [0.29, 0.717) is 22.7 Å². The number of hydrogen-bond acceptors (Lipinski definition) is 8. The maximum atomic E-state index is 9.51. The third kappa shape index (κ3) is 3.70. The van der Waals surface area contributed by atoms with E-state index in [2.05, 4.69) is 43.7 Å². The monoisotopic (exact) mass is 403 g/mol. The highest BCUT2D eigenvalue weighted by Gasteiger charge is 2.15. The minimum Gasteiger partial charge on any atom is -0.394 e. The number of aliphatic hydroxyl groups is 1. The zero-order chi connectivity index (χ0) is 21.1. The first kappa shape index (κ1) is 19.5. The molecule has 0 aliphatic rings. The molecule has 0 fully saturated rings. The lowest BCUT2D eigenvalue weighted by molar-refractivity contribution is 0.281. The van der Waals surface area contributed by atoms with Gasteiger partial charge in [-0.25, -0.2) is 14.6 Å². The summed E-state index contributed by atoms with van der Waals surface area (Å²) in [5, 5.41) is 35.4. The van der Waals surface area contributed by atoms with Crippen LogP contribution in [0.15, 0.2) is 36.9 Å². The molecule has 152 valence electrons. The largest absolute Gasteiger partial charge is 0.394 e. The highest BCUT2D eigenvalue weighted by Crippen LogP contribution is 2.24. The number of nitrogens with one attached hydrogen (secondary N) is 1. The molecule has 0 aliphatic carbocycles. The molecule has 4 aromatic rings. The van der Waals surface area contributed by atoms with E-state index in [0.717, 1.165) is 29.6 Å². The van der Waals surface area contributed by atoms with Crippen LogP contribution in [0, 0.1) is 11.3 Å². The summed E-state index contributed by atoms with van der Waals surface area (Å²) in [5.41, 5.74) is 3.41. The molecule has 0 aliphatic heterocycles. The first-order valence-corrected chi connectivity index (χ1v) is 9.66. The Bertz CT molecular complexity index is 1220. The number of nitrogens with zero attached hydrogens (tertiary/aromatic N) is 8. The van der Waals surface area contributed by atoms with Crippen molar-refractivity contribution in [1.82, 2.24) is 34.7 Å². The van der Waals surface area contributed by atoms with Crippen molar-refractivity contribution in [2.45, 2.75) is 32.7 Å². The summed E-state index contributed by atoms with van der Waals surface area (Å²) in [6.07, 6.45) is 8.54. The van der Waals surface area contributed by atoms with E-state index in [1.807, 2.05) is 19.2 Å². The van der Waals surface area contributed by atoms with Gasteiger partial charge in [-0.1, -0.05) is 18.6 Å². The van der Waals surface area contributed by atoms with Crippen LogP contribution in [0.2, 0.25) is 0 Å². The molecule has 0 aromatic carbocycles. The van der Waals surface area contributed by atoms with Gasteiger partial charge in [0.05, 0.1) is 42.1 Å². The molecule has 0 saturated heterocycles. The van der Waals surface area contributed by atoms with Crippen LogP contribution < -0.4 is 5.32 Å². The Morgan fingerprint density at radius 2 is 2.10 bits per heavy atom. The fraction of sp³-hybridized carbons (Fsp3) is 0.300. The van der Waals surface area contributed by atoms with E-state index in [9.17, 15) is 5.11 Å². The van der Waals surface area contributed by atoms with Gasteiger partial charge in [0.1, 0.15) is 11.8 Å². The van der Waals surface area contributed by atoms with Gasteiger partial charge in [0.2, 0.25) is 0 Å². The zero-order valence-electron chi connectivity index (χ0n) is 16.7. The highest BCUT2D eigenvalue weighted by molar-refractivity contribution is 5.77. The van der Waals surface area contributed by atoms with Crippen molar-refractivity contribution in [3.8, 4) is 17.6 Å². The molecule has 4 heterocycles. The van der Waals surface area contributed by atoms with Gasteiger partial charge in [-0.15, -0.1) is 5.10 Å². The van der Waals surface area contributed by atoms with Crippen LogP contribution in [0.1, 0.15) is 31.5 Å². The molecule has 0 spiro atoms. The van der Waals surface area contributed by atoms with Crippen LogP contribution in [0.5, 0.6) is 0 Å². The fourth-order valence-corrected chi connectivity index (χ4v) is 3.10. The van der Waals surface area contributed by atoms with Crippen molar-refractivity contribution in [2.75, 3.05) is 11.9 Å². The average molecular weight is 403 g/mol. The second-order valence-corrected chi connectivity index (χ2v) is 7.00. The summed E-state index contributed by atoms with van der Waals surface area (Å²) in [6.45, 7) is 3.94. The molecule has 10 nitrogen and oxygen atoms in total. The molecular weight excluding hydrogens is 382 g/mol. The molecule has 10 heteroatoms. The van der Waals surface area contributed by atoms with Crippen LogP contribution in [0.3, 0.4) is 0 Å². The molecule has 0 bridgehead atoms. The van der Waals surface area contributed by atoms with E-state index in [4.69, 9.17) is 5.26 Å². The molecule has 1 atom stereocenters. The van der Waals surface area contributed by atoms with Gasteiger partial charge in [0.25, 0.3) is 0 Å². The number of nitriles is 1. The van der Waals surface area contributed by atoms with E-state index >= 15 is 0 Å². The summed E-state index contributed by atoms with van der Waals surface area (Å²) >= 11 is 0. The molecule has 0 amide bonds. The summed E-state index contributed by atoms with van der Waals surface area (Å²) in [5.74, 6) is 0.549. The fourth-order valence-electron chi connectivity index (χ4n) is 3.10. The topological polar surface area (TPSA) is 130 Å². The van der Waals surface area contributed by atoms with Crippen molar-refractivity contribution in [3.05, 3.63) is 48.2 Å². The molecule has 2 N–H and O–H groups in total. The van der Waals surface area contributed by atoms with Crippen LogP contribution in [-0.2, 0) is 6.42 Å². The van der Waals surface area contributed by atoms with Gasteiger partial charge in [0, 0.05) is 23.7 Å². The van der Waals surface area contributed by atoms with Gasteiger partial charge in [0.15, 0.2) is 11.5 Å². The number of fused-ring (bicyclic) bond motifs is 1. The highest BCUT2D eigenvalue weighted by atomic mass is 16.3. The Labute approximate surface area is 172 Å². The lowest BCUT2D eigenvalue weighted by Gasteiger charge is -2.17.